The number of aryl methyl sites for hydroxylation is 3. The molecule has 0 aliphatic heterocycles. The van der Waals surface area contributed by atoms with Crippen LogP contribution >= 0.6 is 11.6 Å². The van der Waals surface area contributed by atoms with Crippen LogP contribution in [-0.4, -0.2) is 4.98 Å². The number of aromatic nitrogens is 1. The van der Waals surface area contributed by atoms with Crippen LogP contribution in [0.2, 0.25) is 5.02 Å². The van der Waals surface area contributed by atoms with E-state index in [1.807, 2.05) is 12.3 Å². The van der Waals surface area contributed by atoms with Crippen LogP contribution in [-0.2, 0) is 0 Å². The minimum atomic E-state index is 0.755. The summed E-state index contributed by atoms with van der Waals surface area (Å²) in [5, 5.41) is 0.755. The van der Waals surface area contributed by atoms with E-state index in [9.17, 15) is 0 Å². The molecule has 82 valence electrons. The number of halogens is 1. The first kappa shape index (κ1) is 11.2. The normalized spacial score (nSPS) is 10.5. The van der Waals surface area contributed by atoms with Gasteiger partial charge in [-0.15, -0.1) is 0 Å². The summed E-state index contributed by atoms with van der Waals surface area (Å²) < 4.78 is 0. The Morgan fingerprint density at radius 3 is 2.25 bits per heavy atom. The fourth-order valence-corrected chi connectivity index (χ4v) is 2.37. The summed E-state index contributed by atoms with van der Waals surface area (Å²) in [6.07, 6.45) is 3.54. The van der Waals surface area contributed by atoms with Gasteiger partial charge in [-0.05, 0) is 43.5 Å². The van der Waals surface area contributed by atoms with E-state index in [-0.39, 0.29) is 0 Å². The lowest BCUT2D eigenvalue weighted by atomic mass is 9.95. The minimum Gasteiger partial charge on any atom is -0.264 e. The lowest BCUT2D eigenvalue weighted by Crippen LogP contribution is -1.91. The van der Waals surface area contributed by atoms with Gasteiger partial charge in [0.05, 0.1) is 5.02 Å². The van der Waals surface area contributed by atoms with Crippen molar-refractivity contribution in [2.45, 2.75) is 20.8 Å². The Kier molecular flexibility index (Phi) is 2.97. The summed E-state index contributed by atoms with van der Waals surface area (Å²) in [6, 6.07) is 6.17. The van der Waals surface area contributed by atoms with Gasteiger partial charge in [-0.2, -0.15) is 0 Å². The second-order valence-corrected chi connectivity index (χ2v) is 4.54. The van der Waals surface area contributed by atoms with Crippen LogP contribution in [0, 0.1) is 20.8 Å². The van der Waals surface area contributed by atoms with Crippen molar-refractivity contribution in [1.82, 2.24) is 4.98 Å². The van der Waals surface area contributed by atoms with E-state index in [1.54, 1.807) is 6.20 Å². The van der Waals surface area contributed by atoms with Crippen molar-refractivity contribution in [3.63, 3.8) is 0 Å². The number of hydrogen-bond donors (Lipinski definition) is 0. The van der Waals surface area contributed by atoms with Crippen molar-refractivity contribution >= 4 is 11.6 Å². The highest BCUT2D eigenvalue weighted by atomic mass is 35.5. The number of rotatable bonds is 1. The second-order valence-electron chi connectivity index (χ2n) is 4.13. The van der Waals surface area contributed by atoms with E-state index in [1.165, 1.54) is 22.3 Å². The molecule has 1 aromatic carbocycles. The van der Waals surface area contributed by atoms with E-state index in [0.29, 0.717) is 0 Å². The molecule has 2 rings (SSSR count). The zero-order valence-corrected chi connectivity index (χ0v) is 10.5. The lowest BCUT2D eigenvalue weighted by molar-refractivity contribution is 1.28. The highest BCUT2D eigenvalue weighted by Crippen LogP contribution is 2.32. The number of benzene rings is 1. The predicted octanol–water partition coefficient (Wildman–Crippen LogP) is 4.33. The van der Waals surface area contributed by atoms with Gasteiger partial charge in [-0.1, -0.05) is 29.3 Å². The van der Waals surface area contributed by atoms with Gasteiger partial charge >= 0.3 is 0 Å². The Labute approximate surface area is 101 Å². The topological polar surface area (TPSA) is 12.9 Å². The Bertz CT molecular complexity index is 509. The lowest BCUT2D eigenvalue weighted by Gasteiger charge is -2.12. The van der Waals surface area contributed by atoms with Crippen molar-refractivity contribution in [2.75, 3.05) is 0 Å². The maximum absolute atomic E-state index is 6.20. The largest absolute Gasteiger partial charge is 0.264 e. The molecule has 0 amide bonds. The third-order valence-electron chi connectivity index (χ3n) is 2.71. The molecule has 0 radical (unpaired) electrons. The average Bonchev–Trinajstić information content (AvgIpc) is 2.19. The molecule has 0 aliphatic carbocycles. The fourth-order valence-electron chi connectivity index (χ4n) is 2.17. The van der Waals surface area contributed by atoms with Crippen LogP contribution in [0.25, 0.3) is 11.1 Å². The van der Waals surface area contributed by atoms with Crippen molar-refractivity contribution in [1.29, 1.82) is 0 Å². The predicted molar refractivity (Wildman–Crippen MR) is 68.9 cm³/mol. The summed E-state index contributed by atoms with van der Waals surface area (Å²) in [5.41, 5.74) is 5.97. The van der Waals surface area contributed by atoms with Crippen molar-refractivity contribution in [3.8, 4) is 11.1 Å². The molecule has 0 N–H and O–H groups in total. The Morgan fingerprint density at radius 1 is 1.06 bits per heavy atom. The van der Waals surface area contributed by atoms with E-state index >= 15 is 0 Å². The van der Waals surface area contributed by atoms with Crippen LogP contribution in [0.15, 0.2) is 30.6 Å². The van der Waals surface area contributed by atoms with E-state index in [2.05, 4.69) is 37.9 Å². The molecule has 0 unspecified atom stereocenters. The van der Waals surface area contributed by atoms with Crippen molar-refractivity contribution in [2.24, 2.45) is 0 Å². The molecule has 0 atom stereocenters. The summed E-state index contributed by atoms with van der Waals surface area (Å²) in [7, 11) is 0. The van der Waals surface area contributed by atoms with E-state index < -0.39 is 0 Å². The van der Waals surface area contributed by atoms with Gasteiger partial charge in [0, 0.05) is 18.0 Å². The quantitative estimate of drug-likeness (QED) is 0.712. The molecule has 2 aromatic rings. The van der Waals surface area contributed by atoms with Crippen LogP contribution in [0.1, 0.15) is 16.7 Å². The zero-order chi connectivity index (χ0) is 11.7. The first-order valence-corrected chi connectivity index (χ1v) is 5.65. The fraction of sp³-hybridized carbons (Fsp3) is 0.214. The number of hydrogen-bond acceptors (Lipinski definition) is 1. The first-order valence-electron chi connectivity index (χ1n) is 5.27. The number of pyridine rings is 1. The number of nitrogens with zero attached hydrogens (tertiary/aromatic N) is 1. The van der Waals surface area contributed by atoms with Gasteiger partial charge in [0.1, 0.15) is 0 Å². The Hall–Kier alpha value is -1.34. The van der Waals surface area contributed by atoms with Crippen LogP contribution in [0.5, 0.6) is 0 Å². The molecule has 0 saturated carbocycles. The van der Waals surface area contributed by atoms with Gasteiger partial charge < -0.3 is 0 Å². The van der Waals surface area contributed by atoms with E-state index in [0.717, 1.165) is 10.6 Å². The molecule has 0 fully saturated rings. The van der Waals surface area contributed by atoms with Crippen LogP contribution < -0.4 is 0 Å². The third-order valence-corrected chi connectivity index (χ3v) is 3.04. The maximum Gasteiger partial charge on any atom is 0.0515 e. The molecule has 1 nitrogen and oxygen atoms in total. The maximum atomic E-state index is 6.20. The zero-order valence-electron chi connectivity index (χ0n) is 9.71. The Morgan fingerprint density at radius 2 is 1.69 bits per heavy atom. The summed E-state index contributed by atoms with van der Waals surface area (Å²) in [4.78, 5) is 4.14. The summed E-state index contributed by atoms with van der Waals surface area (Å²) >= 11 is 6.20. The molecule has 0 saturated heterocycles. The average molecular weight is 232 g/mol. The van der Waals surface area contributed by atoms with Gasteiger partial charge in [0.15, 0.2) is 0 Å². The van der Waals surface area contributed by atoms with Gasteiger partial charge in [0.25, 0.3) is 0 Å². The van der Waals surface area contributed by atoms with E-state index in [4.69, 9.17) is 11.6 Å². The smallest absolute Gasteiger partial charge is 0.0515 e. The standard InChI is InChI=1S/C14H14ClN/c1-9-6-10(2)14(11(3)7-9)12-8-16-5-4-13(12)15/h4-8H,1-3H3. The molecule has 0 bridgehead atoms. The minimum absolute atomic E-state index is 0.755. The molecule has 1 heterocycles. The molecular weight excluding hydrogens is 218 g/mol. The first-order chi connectivity index (χ1) is 7.59. The van der Waals surface area contributed by atoms with Gasteiger partial charge in [-0.3, -0.25) is 4.98 Å². The summed E-state index contributed by atoms with van der Waals surface area (Å²) in [6.45, 7) is 6.33. The van der Waals surface area contributed by atoms with Crippen LogP contribution in [0.4, 0.5) is 0 Å². The van der Waals surface area contributed by atoms with Gasteiger partial charge in [-0.25, -0.2) is 0 Å². The second kappa shape index (κ2) is 4.26. The Balaban J connectivity index is 2.70. The van der Waals surface area contributed by atoms with Crippen LogP contribution in [0.3, 0.4) is 0 Å². The highest BCUT2D eigenvalue weighted by molar-refractivity contribution is 6.33. The third kappa shape index (κ3) is 1.96. The SMILES string of the molecule is Cc1cc(C)c(-c2cnccc2Cl)c(C)c1. The molecule has 0 spiro atoms. The van der Waals surface area contributed by atoms with Crippen molar-refractivity contribution < 1.29 is 0 Å². The monoisotopic (exact) mass is 231 g/mol. The molecule has 16 heavy (non-hydrogen) atoms. The van der Waals surface area contributed by atoms with Crippen molar-refractivity contribution in [3.05, 3.63) is 52.3 Å². The highest BCUT2D eigenvalue weighted by Gasteiger charge is 2.09. The summed E-state index contributed by atoms with van der Waals surface area (Å²) in [5.74, 6) is 0. The molecule has 0 aliphatic rings. The molecular formula is C14H14ClN. The molecule has 1 aromatic heterocycles. The van der Waals surface area contributed by atoms with Gasteiger partial charge in [0.2, 0.25) is 0 Å². The molecule has 2 heteroatoms.